The molecule has 2 N–H and O–H groups in total. The fourth-order valence-electron chi connectivity index (χ4n) is 5.07. The van der Waals surface area contributed by atoms with E-state index in [1.54, 1.807) is 0 Å². The molecule has 7 heteroatoms. The molecule has 7 nitrogen and oxygen atoms in total. The number of likely N-dealkylation sites (tertiary alicyclic amines) is 1. The molecule has 0 aromatic rings. The second kappa shape index (κ2) is 7.86. The zero-order valence-corrected chi connectivity index (χ0v) is 19.0. The molecule has 2 heterocycles. The maximum atomic E-state index is 12.0. The highest BCUT2D eigenvalue weighted by molar-refractivity contribution is 5.83. The van der Waals surface area contributed by atoms with Crippen LogP contribution in [0, 0.1) is 39.9 Å². The van der Waals surface area contributed by atoms with Crippen LogP contribution in [0.15, 0.2) is 0 Å². The van der Waals surface area contributed by atoms with E-state index in [-0.39, 0.29) is 22.8 Å². The van der Waals surface area contributed by atoms with E-state index in [9.17, 15) is 14.4 Å². The number of amides is 3. The lowest BCUT2D eigenvalue weighted by atomic mass is 9.91. The Morgan fingerprint density at radius 2 is 1.93 bits per heavy atom. The van der Waals surface area contributed by atoms with E-state index in [1.165, 1.54) is 0 Å². The minimum Gasteiger partial charge on any atom is -0.350 e. The number of hydrogen-bond donors (Lipinski definition) is 2. The third kappa shape index (κ3) is 4.96. The summed E-state index contributed by atoms with van der Waals surface area (Å²) in [6.07, 6.45) is 4.52. The average Bonchev–Trinajstić information content (AvgIpc) is 3.31. The molecule has 1 spiro atoms. The quantitative estimate of drug-likeness (QED) is 0.671. The second-order valence-corrected chi connectivity index (χ2v) is 11.4. The molecule has 166 valence electrons. The van der Waals surface area contributed by atoms with Crippen molar-refractivity contribution in [3.63, 3.8) is 0 Å². The molecular formula is C23H36N4O3. The van der Waals surface area contributed by atoms with E-state index < -0.39 is 6.04 Å². The molecule has 2 aliphatic carbocycles. The van der Waals surface area contributed by atoms with Gasteiger partial charge in [0.15, 0.2) is 0 Å². The van der Waals surface area contributed by atoms with Gasteiger partial charge in [0.25, 0.3) is 0 Å². The molecule has 4 atom stereocenters. The summed E-state index contributed by atoms with van der Waals surface area (Å²) in [5.41, 5.74) is 0.681. The predicted molar refractivity (Wildman–Crippen MR) is 113 cm³/mol. The molecule has 2 saturated carbocycles. The minimum absolute atomic E-state index is 0.0282. The summed E-state index contributed by atoms with van der Waals surface area (Å²) in [4.78, 5) is 35.8. The van der Waals surface area contributed by atoms with E-state index >= 15 is 0 Å². The number of nitrogens with one attached hydrogen (secondary N) is 2. The van der Waals surface area contributed by atoms with Crippen molar-refractivity contribution in [2.24, 2.45) is 28.6 Å². The number of nitrogens with zero attached hydrogens (tertiary/aromatic N) is 2. The van der Waals surface area contributed by atoms with E-state index in [4.69, 9.17) is 5.26 Å². The second-order valence-electron chi connectivity index (χ2n) is 11.4. The van der Waals surface area contributed by atoms with Crippen LogP contribution in [-0.4, -0.2) is 47.8 Å². The molecule has 2 saturated heterocycles. The Labute approximate surface area is 179 Å². The van der Waals surface area contributed by atoms with Crippen molar-refractivity contribution in [3.05, 3.63) is 0 Å². The molecule has 4 rings (SSSR count). The summed E-state index contributed by atoms with van der Waals surface area (Å²) < 4.78 is 0. The van der Waals surface area contributed by atoms with Crippen LogP contribution in [0.1, 0.15) is 66.7 Å². The molecule has 0 bridgehead atoms. The summed E-state index contributed by atoms with van der Waals surface area (Å²) in [5.74, 6) is 1.82. The zero-order chi connectivity index (χ0) is 22.3. The number of hydrogen-bond acceptors (Lipinski definition) is 4. The number of carbonyl (C=O) groups is 3. The molecule has 3 amide bonds. The number of carbonyl (C=O) groups excluding carboxylic acids is 3. The van der Waals surface area contributed by atoms with Gasteiger partial charge < -0.3 is 15.5 Å². The van der Waals surface area contributed by atoms with Crippen LogP contribution >= 0.6 is 0 Å². The van der Waals surface area contributed by atoms with Gasteiger partial charge >= 0.3 is 0 Å². The Morgan fingerprint density at radius 1 is 1.33 bits per heavy atom. The Kier molecular flexibility index (Phi) is 5.92. The lowest BCUT2D eigenvalue weighted by Gasteiger charge is -2.26. The Bertz CT molecular complexity index is 731. The Balaban J connectivity index is 0.000000171. The van der Waals surface area contributed by atoms with Gasteiger partial charge in [-0.1, -0.05) is 34.6 Å². The van der Waals surface area contributed by atoms with Gasteiger partial charge in [-0.05, 0) is 48.3 Å². The molecule has 30 heavy (non-hydrogen) atoms. The van der Waals surface area contributed by atoms with Gasteiger partial charge in [-0.25, -0.2) is 0 Å². The summed E-state index contributed by atoms with van der Waals surface area (Å²) >= 11 is 0. The van der Waals surface area contributed by atoms with Gasteiger partial charge in [0, 0.05) is 31.0 Å². The lowest BCUT2D eigenvalue weighted by molar-refractivity contribution is -0.132. The topological polar surface area (TPSA) is 102 Å². The molecule has 0 aromatic carbocycles. The zero-order valence-electron chi connectivity index (χ0n) is 19.0. The van der Waals surface area contributed by atoms with Crippen LogP contribution in [0.2, 0.25) is 0 Å². The highest BCUT2D eigenvalue weighted by Crippen LogP contribution is 2.62. The average molecular weight is 417 g/mol. The summed E-state index contributed by atoms with van der Waals surface area (Å²) in [7, 11) is 0. The predicted octanol–water partition coefficient (Wildman–Crippen LogP) is 2.22. The van der Waals surface area contributed by atoms with Gasteiger partial charge in [-0.15, -0.1) is 0 Å². The first-order chi connectivity index (χ1) is 13.9. The number of fused-ring (bicyclic) bond motifs is 1. The summed E-state index contributed by atoms with van der Waals surface area (Å²) in [6, 6.07) is 1.43. The van der Waals surface area contributed by atoms with Crippen molar-refractivity contribution in [3.8, 4) is 6.07 Å². The van der Waals surface area contributed by atoms with Crippen molar-refractivity contribution >= 4 is 18.2 Å². The molecular weight excluding hydrogens is 380 g/mol. The number of rotatable bonds is 5. The van der Waals surface area contributed by atoms with Crippen molar-refractivity contribution in [2.75, 3.05) is 13.1 Å². The normalized spacial score (nSPS) is 30.3. The molecule has 4 unspecified atom stereocenters. The first-order valence-corrected chi connectivity index (χ1v) is 11.1. The van der Waals surface area contributed by atoms with Crippen molar-refractivity contribution in [2.45, 2.75) is 78.3 Å². The van der Waals surface area contributed by atoms with Gasteiger partial charge in [0.1, 0.15) is 6.04 Å². The SMILES string of the molecule is CC(C)(C)CC(=O)N1CC2C(C1)C2(C)C.N#CC(CC1CC2(CC2)NC1=O)NC=O. The van der Waals surface area contributed by atoms with Gasteiger partial charge in [0.2, 0.25) is 18.2 Å². The summed E-state index contributed by atoms with van der Waals surface area (Å²) in [6.45, 7) is 13.1. The van der Waals surface area contributed by atoms with E-state index in [0.717, 1.165) is 44.2 Å². The first-order valence-electron chi connectivity index (χ1n) is 11.1. The fraction of sp³-hybridized carbons (Fsp3) is 0.826. The standard InChI is InChI=1S/C13H23NO.C10H13N3O2/c1-12(2,3)6-11(15)14-7-9-10(8-14)13(9,4)5;11-5-8(12-6-14)3-7-4-10(1-2-10)13-9(7)15/h9-10H,6-8H2,1-5H3;6-8H,1-4H2,(H,12,14)(H,13,15). The maximum absolute atomic E-state index is 12.0. The first kappa shape index (κ1) is 22.6. The van der Waals surface area contributed by atoms with Crippen LogP contribution in [0.25, 0.3) is 0 Å². The van der Waals surface area contributed by atoms with E-state index in [0.29, 0.717) is 30.6 Å². The smallest absolute Gasteiger partial charge is 0.223 e. The van der Waals surface area contributed by atoms with Crippen molar-refractivity contribution in [1.82, 2.24) is 15.5 Å². The molecule has 4 aliphatic rings. The van der Waals surface area contributed by atoms with Gasteiger partial charge in [-0.3, -0.25) is 14.4 Å². The van der Waals surface area contributed by atoms with Gasteiger partial charge in [0.05, 0.1) is 6.07 Å². The third-order valence-electron chi connectivity index (χ3n) is 7.35. The van der Waals surface area contributed by atoms with Gasteiger partial charge in [-0.2, -0.15) is 5.26 Å². The van der Waals surface area contributed by atoms with Crippen LogP contribution in [-0.2, 0) is 14.4 Å². The molecule has 2 aliphatic heterocycles. The van der Waals surface area contributed by atoms with Crippen LogP contribution < -0.4 is 10.6 Å². The number of nitriles is 1. The highest BCUT2D eigenvalue weighted by Gasteiger charge is 2.62. The van der Waals surface area contributed by atoms with E-state index in [2.05, 4.69) is 50.2 Å². The molecule has 0 radical (unpaired) electrons. The summed E-state index contributed by atoms with van der Waals surface area (Å²) in [5, 5.41) is 14.1. The highest BCUT2D eigenvalue weighted by atomic mass is 16.2. The molecule has 0 aromatic heterocycles. The maximum Gasteiger partial charge on any atom is 0.223 e. The number of piperidine rings is 1. The fourth-order valence-corrected chi connectivity index (χ4v) is 5.07. The van der Waals surface area contributed by atoms with Crippen molar-refractivity contribution in [1.29, 1.82) is 5.26 Å². The monoisotopic (exact) mass is 416 g/mol. The largest absolute Gasteiger partial charge is 0.350 e. The Hall–Kier alpha value is -2.10. The lowest BCUT2D eigenvalue weighted by Crippen LogP contribution is -2.35. The van der Waals surface area contributed by atoms with Crippen LogP contribution in [0.3, 0.4) is 0 Å². The minimum atomic E-state index is -0.549. The van der Waals surface area contributed by atoms with Crippen molar-refractivity contribution < 1.29 is 14.4 Å². The molecule has 4 fully saturated rings. The van der Waals surface area contributed by atoms with E-state index in [1.807, 2.05) is 6.07 Å². The Morgan fingerprint density at radius 3 is 2.37 bits per heavy atom. The van der Waals surface area contributed by atoms with Crippen LogP contribution in [0.5, 0.6) is 0 Å². The van der Waals surface area contributed by atoms with Crippen LogP contribution in [0.4, 0.5) is 0 Å². The third-order valence-corrected chi connectivity index (χ3v) is 7.35.